The van der Waals surface area contributed by atoms with Crippen LogP contribution in [0.25, 0.3) is 6.08 Å². The van der Waals surface area contributed by atoms with Gasteiger partial charge in [0.1, 0.15) is 5.00 Å². The first-order chi connectivity index (χ1) is 14.6. The number of nitrogens with one attached hydrogen (secondary N) is 1. The number of rotatable bonds is 5. The van der Waals surface area contributed by atoms with Crippen molar-refractivity contribution < 1.29 is 19.2 Å². The summed E-state index contributed by atoms with van der Waals surface area (Å²) in [6.07, 6.45) is 5.57. The summed E-state index contributed by atoms with van der Waals surface area (Å²) in [6, 6.07) is 5.90. The number of nitro benzene ring substituents is 1. The van der Waals surface area contributed by atoms with Crippen LogP contribution in [0.15, 0.2) is 30.3 Å². The van der Waals surface area contributed by atoms with E-state index in [1.165, 1.54) is 36.7 Å². The zero-order valence-electron chi connectivity index (χ0n) is 18.1. The van der Waals surface area contributed by atoms with Crippen LogP contribution >= 0.6 is 11.3 Å². The molecule has 3 rings (SSSR count). The van der Waals surface area contributed by atoms with Gasteiger partial charge >= 0.3 is 5.97 Å². The molecule has 1 aromatic carbocycles. The summed E-state index contributed by atoms with van der Waals surface area (Å²) in [5.74, 6) is -0.314. The Morgan fingerprint density at radius 2 is 1.94 bits per heavy atom. The number of hydrogen-bond acceptors (Lipinski definition) is 6. The van der Waals surface area contributed by atoms with Crippen LogP contribution in [-0.2, 0) is 22.4 Å². The molecule has 1 atom stereocenters. The van der Waals surface area contributed by atoms with Crippen molar-refractivity contribution in [3.8, 4) is 0 Å². The Hall–Kier alpha value is -3.00. The van der Waals surface area contributed by atoms with Crippen LogP contribution in [0.2, 0.25) is 0 Å². The Morgan fingerprint density at radius 1 is 1.26 bits per heavy atom. The minimum Gasteiger partial charge on any atom is -0.465 e. The first kappa shape index (κ1) is 22.7. The maximum absolute atomic E-state index is 12.5. The van der Waals surface area contributed by atoms with Gasteiger partial charge < -0.3 is 10.1 Å². The number of methoxy groups -OCH3 is 1. The van der Waals surface area contributed by atoms with Crippen LogP contribution in [0.1, 0.15) is 53.6 Å². The van der Waals surface area contributed by atoms with E-state index in [0.717, 1.165) is 29.7 Å². The van der Waals surface area contributed by atoms with Crippen molar-refractivity contribution in [2.45, 2.75) is 40.0 Å². The van der Waals surface area contributed by atoms with Gasteiger partial charge in [-0.1, -0.05) is 20.8 Å². The molecule has 1 aromatic heterocycles. The molecule has 1 N–H and O–H groups in total. The van der Waals surface area contributed by atoms with Crippen LogP contribution in [-0.4, -0.2) is 23.9 Å². The molecule has 1 heterocycles. The van der Waals surface area contributed by atoms with Crippen molar-refractivity contribution in [2.75, 3.05) is 12.4 Å². The van der Waals surface area contributed by atoms with E-state index in [1.54, 1.807) is 18.2 Å². The van der Waals surface area contributed by atoms with Crippen LogP contribution in [0.3, 0.4) is 0 Å². The number of amides is 1. The third-order valence-corrected chi connectivity index (χ3v) is 6.82. The number of hydrogen-bond donors (Lipinski definition) is 1. The summed E-state index contributed by atoms with van der Waals surface area (Å²) in [4.78, 5) is 36.4. The molecule has 7 nitrogen and oxygen atoms in total. The fourth-order valence-electron chi connectivity index (χ4n) is 3.76. The maximum Gasteiger partial charge on any atom is 0.341 e. The standard InChI is InChI=1S/C23H26N2O5S/c1-23(2,3)15-8-11-17-18(13-15)31-21(20(17)22(27)30-4)24-19(26)12-7-14-5-9-16(10-6-14)25(28)29/h5-7,9-10,12,15H,8,11,13H2,1-4H3,(H,24,26). The minimum absolute atomic E-state index is 0.0120. The van der Waals surface area contributed by atoms with Crippen LogP contribution in [0.5, 0.6) is 0 Å². The van der Waals surface area contributed by atoms with Gasteiger partial charge in [0.2, 0.25) is 5.91 Å². The van der Waals surface area contributed by atoms with E-state index in [2.05, 4.69) is 26.1 Å². The lowest BCUT2D eigenvalue weighted by Gasteiger charge is -2.33. The third kappa shape index (κ3) is 5.19. The molecule has 0 saturated heterocycles. The molecule has 1 aliphatic rings. The summed E-state index contributed by atoms with van der Waals surface area (Å²) in [7, 11) is 1.34. The average molecular weight is 443 g/mol. The highest BCUT2D eigenvalue weighted by molar-refractivity contribution is 7.17. The van der Waals surface area contributed by atoms with Crippen molar-refractivity contribution in [3.63, 3.8) is 0 Å². The fourth-order valence-corrected chi connectivity index (χ4v) is 5.08. The molecule has 2 aromatic rings. The summed E-state index contributed by atoms with van der Waals surface area (Å²) < 4.78 is 4.98. The largest absolute Gasteiger partial charge is 0.465 e. The van der Waals surface area contributed by atoms with Crippen molar-refractivity contribution in [1.82, 2.24) is 0 Å². The summed E-state index contributed by atoms with van der Waals surface area (Å²) in [5.41, 5.74) is 2.25. The van der Waals surface area contributed by atoms with Gasteiger partial charge in [-0.2, -0.15) is 0 Å². The van der Waals surface area contributed by atoms with E-state index in [-0.39, 0.29) is 17.0 Å². The predicted molar refractivity (Wildman–Crippen MR) is 121 cm³/mol. The summed E-state index contributed by atoms with van der Waals surface area (Å²) >= 11 is 1.44. The molecule has 1 amide bonds. The lowest BCUT2D eigenvalue weighted by atomic mass is 9.72. The monoisotopic (exact) mass is 442 g/mol. The number of non-ortho nitro benzene ring substituents is 1. The third-order valence-electron chi connectivity index (χ3n) is 5.65. The van der Waals surface area contributed by atoms with Crippen molar-refractivity contribution >= 4 is 40.0 Å². The molecule has 0 spiro atoms. The first-order valence-electron chi connectivity index (χ1n) is 10.1. The van der Waals surface area contributed by atoms with Gasteiger partial charge in [0.25, 0.3) is 5.69 Å². The van der Waals surface area contributed by atoms with Gasteiger partial charge in [0, 0.05) is 23.1 Å². The number of nitrogens with zero attached hydrogens (tertiary/aromatic N) is 1. The number of nitro groups is 1. The highest BCUT2D eigenvalue weighted by Crippen LogP contribution is 2.44. The zero-order chi connectivity index (χ0) is 22.8. The average Bonchev–Trinajstić information content (AvgIpc) is 3.08. The molecule has 0 fully saturated rings. The number of anilines is 1. The van der Waals surface area contributed by atoms with Gasteiger partial charge in [0.15, 0.2) is 0 Å². The van der Waals surface area contributed by atoms with E-state index in [0.29, 0.717) is 22.0 Å². The molecule has 0 aliphatic heterocycles. The van der Waals surface area contributed by atoms with Gasteiger partial charge in [-0.15, -0.1) is 11.3 Å². The maximum atomic E-state index is 12.5. The van der Waals surface area contributed by atoms with Crippen LogP contribution < -0.4 is 5.32 Å². The number of thiophene rings is 1. The van der Waals surface area contributed by atoms with E-state index in [9.17, 15) is 19.7 Å². The second kappa shape index (κ2) is 9.01. The summed E-state index contributed by atoms with van der Waals surface area (Å²) in [6.45, 7) is 6.68. The van der Waals surface area contributed by atoms with Crippen molar-refractivity contribution in [3.05, 3.63) is 62.0 Å². The number of ether oxygens (including phenoxy) is 1. The fraction of sp³-hybridized carbons (Fsp3) is 0.391. The molecule has 0 saturated carbocycles. The van der Waals surface area contributed by atoms with E-state index >= 15 is 0 Å². The molecule has 0 bridgehead atoms. The topological polar surface area (TPSA) is 98.5 Å². The second-order valence-electron chi connectivity index (χ2n) is 8.68. The predicted octanol–water partition coefficient (Wildman–Crippen LogP) is 5.25. The Morgan fingerprint density at radius 3 is 2.52 bits per heavy atom. The first-order valence-corrected chi connectivity index (χ1v) is 10.9. The molecule has 31 heavy (non-hydrogen) atoms. The van der Waals surface area contributed by atoms with E-state index in [1.807, 2.05) is 0 Å². The zero-order valence-corrected chi connectivity index (χ0v) is 18.9. The molecule has 164 valence electrons. The number of carbonyl (C=O) groups excluding carboxylic acids is 2. The Kier molecular flexibility index (Phi) is 6.59. The lowest BCUT2D eigenvalue weighted by molar-refractivity contribution is -0.384. The quantitative estimate of drug-likeness (QED) is 0.295. The Bertz CT molecular complexity index is 1030. The van der Waals surface area contributed by atoms with Crippen molar-refractivity contribution in [2.24, 2.45) is 11.3 Å². The van der Waals surface area contributed by atoms with Gasteiger partial charge in [0.05, 0.1) is 17.6 Å². The second-order valence-corrected chi connectivity index (χ2v) is 9.78. The van der Waals surface area contributed by atoms with E-state index in [4.69, 9.17) is 4.74 Å². The van der Waals surface area contributed by atoms with E-state index < -0.39 is 10.9 Å². The van der Waals surface area contributed by atoms with Crippen LogP contribution in [0, 0.1) is 21.4 Å². The van der Waals surface area contributed by atoms with Gasteiger partial charge in [-0.25, -0.2) is 4.79 Å². The minimum atomic E-state index is -0.475. The Labute approximate surface area is 185 Å². The molecule has 8 heteroatoms. The van der Waals surface area contributed by atoms with Crippen molar-refractivity contribution in [1.29, 1.82) is 0 Å². The molecule has 1 unspecified atom stereocenters. The molecule has 0 radical (unpaired) electrons. The SMILES string of the molecule is COC(=O)c1c(NC(=O)C=Cc2ccc([N+](=O)[O-])cc2)sc2c1CCC(C(C)(C)C)C2. The van der Waals surface area contributed by atoms with Gasteiger partial charge in [-0.05, 0) is 59.9 Å². The number of carbonyl (C=O) groups is 2. The highest BCUT2D eigenvalue weighted by atomic mass is 32.1. The number of fused-ring (bicyclic) bond motifs is 1. The lowest BCUT2D eigenvalue weighted by Crippen LogP contribution is -2.26. The smallest absolute Gasteiger partial charge is 0.341 e. The number of benzene rings is 1. The molecular weight excluding hydrogens is 416 g/mol. The van der Waals surface area contributed by atoms with Gasteiger partial charge in [-0.3, -0.25) is 14.9 Å². The number of esters is 1. The highest BCUT2D eigenvalue weighted by Gasteiger charge is 2.34. The Balaban J connectivity index is 1.80. The molecule has 1 aliphatic carbocycles. The molecular formula is C23H26N2O5S. The summed E-state index contributed by atoms with van der Waals surface area (Å²) in [5, 5.41) is 14.1. The normalized spacial score (nSPS) is 16.1. The van der Waals surface area contributed by atoms with Crippen LogP contribution in [0.4, 0.5) is 10.7 Å².